The van der Waals surface area contributed by atoms with Crippen LogP contribution in [0.2, 0.25) is 0 Å². The van der Waals surface area contributed by atoms with Gasteiger partial charge in [0.25, 0.3) is 0 Å². The van der Waals surface area contributed by atoms with Crippen molar-refractivity contribution in [2.45, 2.75) is 0 Å². The van der Waals surface area contributed by atoms with Gasteiger partial charge in [-0.25, -0.2) is 4.39 Å². The zero-order valence-corrected chi connectivity index (χ0v) is 7.82. The van der Waals surface area contributed by atoms with E-state index < -0.39 is 17.6 Å². The first kappa shape index (κ1) is 9.85. The predicted molar refractivity (Wildman–Crippen MR) is 45.2 cm³/mol. The first-order valence-corrected chi connectivity index (χ1v) is 3.93. The second kappa shape index (κ2) is 4.13. The molecule has 1 aromatic rings. The van der Waals surface area contributed by atoms with E-state index in [0.29, 0.717) is 4.47 Å². The summed E-state index contributed by atoms with van der Waals surface area (Å²) in [6, 6.07) is 1.43. The summed E-state index contributed by atoms with van der Waals surface area (Å²) >= 11 is 2.98. The number of pyridine rings is 1. The van der Waals surface area contributed by atoms with Crippen LogP contribution in [0.3, 0.4) is 0 Å². The Balaban J connectivity index is 3.17. The number of halogens is 2. The number of nitrogens with zero attached hydrogens (tertiary/aromatic N) is 2. The van der Waals surface area contributed by atoms with Crippen molar-refractivity contribution < 1.29 is 14.1 Å². The molecule has 0 saturated heterocycles. The molecule has 0 radical (unpaired) electrons. The molecule has 0 spiro atoms. The molecule has 0 atom stereocenters. The van der Waals surface area contributed by atoms with Gasteiger partial charge >= 0.3 is 5.82 Å². The van der Waals surface area contributed by atoms with Gasteiger partial charge in [0, 0.05) is 6.07 Å². The Labute approximate surface area is 80.8 Å². The van der Waals surface area contributed by atoms with E-state index in [2.05, 4.69) is 25.7 Å². The van der Waals surface area contributed by atoms with Crippen LogP contribution >= 0.6 is 15.9 Å². The highest BCUT2D eigenvalue weighted by atomic mass is 79.9. The van der Waals surface area contributed by atoms with Crippen LogP contribution < -0.4 is 4.74 Å². The molecule has 0 aliphatic rings. The fraction of sp³-hybridized carbons (Fsp3) is 0.167. The number of hydrogen-bond donors (Lipinski definition) is 0. The van der Waals surface area contributed by atoms with Crippen molar-refractivity contribution in [3.05, 3.63) is 26.9 Å². The lowest BCUT2D eigenvalue weighted by molar-refractivity contribution is -0.390. The Morgan fingerprint density at radius 1 is 1.77 bits per heavy atom. The van der Waals surface area contributed by atoms with Crippen LogP contribution in [0.25, 0.3) is 0 Å². The molecule has 0 N–H and O–H groups in total. The average Bonchev–Trinajstić information content (AvgIpc) is 2.08. The fourth-order valence-electron chi connectivity index (χ4n) is 0.733. The maximum atomic E-state index is 11.8. The highest BCUT2D eigenvalue weighted by Gasteiger charge is 2.19. The summed E-state index contributed by atoms with van der Waals surface area (Å²) in [6.45, 7) is -1.13. The molecule has 1 aromatic heterocycles. The van der Waals surface area contributed by atoms with E-state index in [0.717, 1.165) is 0 Å². The number of hydrogen-bond acceptors (Lipinski definition) is 4. The van der Waals surface area contributed by atoms with E-state index in [1.54, 1.807) is 0 Å². The Kier molecular flexibility index (Phi) is 3.13. The van der Waals surface area contributed by atoms with E-state index >= 15 is 0 Å². The molecule has 0 bridgehead atoms. The van der Waals surface area contributed by atoms with Gasteiger partial charge in [0.2, 0.25) is 12.6 Å². The summed E-state index contributed by atoms with van der Waals surface area (Å²) in [5, 5.41) is 10.4. The van der Waals surface area contributed by atoms with Crippen LogP contribution in [0.4, 0.5) is 10.2 Å². The third-order valence-corrected chi connectivity index (χ3v) is 1.83. The molecule has 1 heterocycles. The third-order valence-electron chi connectivity index (χ3n) is 1.21. The second-order valence-electron chi connectivity index (χ2n) is 1.96. The first-order chi connectivity index (χ1) is 6.16. The molecule has 70 valence electrons. The van der Waals surface area contributed by atoms with Gasteiger partial charge in [-0.15, -0.1) is 0 Å². The number of nitro groups is 1. The van der Waals surface area contributed by atoms with Crippen molar-refractivity contribution >= 4 is 21.7 Å². The number of ether oxygens (including phenoxy) is 1. The van der Waals surface area contributed by atoms with Gasteiger partial charge in [-0.3, -0.25) is 0 Å². The zero-order valence-electron chi connectivity index (χ0n) is 6.24. The molecule has 0 aliphatic heterocycles. The fourth-order valence-corrected chi connectivity index (χ4v) is 1.14. The van der Waals surface area contributed by atoms with E-state index in [-0.39, 0.29) is 5.75 Å². The van der Waals surface area contributed by atoms with Crippen LogP contribution in [-0.4, -0.2) is 16.8 Å². The number of rotatable bonds is 3. The lowest BCUT2D eigenvalue weighted by Crippen LogP contribution is -1.99. The molecule has 0 aromatic carbocycles. The van der Waals surface area contributed by atoms with Crippen LogP contribution in [-0.2, 0) is 0 Å². The van der Waals surface area contributed by atoms with Gasteiger partial charge in [-0.05, 0) is 25.8 Å². The molecule has 0 amide bonds. The average molecular weight is 251 g/mol. The van der Waals surface area contributed by atoms with E-state index in [4.69, 9.17) is 0 Å². The summed E-state index contributed by atoms with van der Waals surface area (Å²) in [7, 11) is 0. The minimum Gasteiger partial charge on any atom is -0.453 e. The topological polar surface area (TPSA) is 65.3 Å². The Bertz CT molecular complexity index is 334. The maximum Gasteiger partial charge on any atom is 0.407 e. The highest BCUT2D eigenvalue weighted by molar-refractivity contribution is 9.10. The zero-order chi connectivity index (χ0) is 9.84. The van der Waals surface area contributed by atoms with Crippen LogP contribution in [0.15, 0.2) is 16.7 Å². The molecule has 1 rings (SSSR count). The molecule has 0 fully saturated rings. The summed E-state index contributed by atoms with van der Waals surface area (Å²) in [4.78, 5) is 13.1. The van der Waals surface area contributed by atoms with Crippen molar-refractivity contribution in [2.24, 2.45) is 0 Å². The van der Waals surface area contributed by atoms with Gasteiger partial charge in [-0.1, -0.05) is 0 Å². The standard InChI is InChI=1S/C6H4BrFN2O3/c7-4-1-2-9-6(10(11)12)5(4)13-3-8/h1-2H,3H2. The lowest BCUT2D eigenvalue weighted by atomic mass is 10.4. The van der Waals surface area contributed by atoms with Crippen molar-refractivity contribution in [3.63, 3.8) is 0 Å². The van der Waals surface area contributed by atoms with E-state index in [9.17, 15) is 14.5 Å². The summed E-state index contributed by atoms with van der Waals surface area (Å²) < 4.78 is 16.5. The highest BCUT2D eigenvalue weighted by Crippen LogP contribution is 2.32. The molecule has 5 nitrogen and oxygen atoms in total. The van der Waals surface area contributed by atoms with E-state index in [1.807, 2.05) is 0 Å². The molecule has 0 unspecified atom stereocenters. The van der Waals surface area contributed by atoms with Gasteiger partial charge in [0.15, 0.2) is 0 Å². The van der Waals surface area contributed by atoms with Crippen LogP contribution in [0.5, 0.6) is 5.75 Å². The number of alkyl halides is 1. The van der Waals surface area contributed by atoms with Crippen molar-refractivity contribution in [1.29, 1.82) is 0 Å². The normalized spacial score (nSPS) is 9.69. The first-order valence-electron chi connectivity index (χ1n) is 3.14. The van der Waals surface area contributed by atoms with E-state index in [1.165, 1.54) is 12.3 Å². The quantitative estimate of drug-likeness (QED) is 0.609. The summed E-state index contributed by atoms with van der Waals surface area (Å²) in [6.07, 6.45) is 1.23. The molecule has 13 heavy (non-hydrogen) atoms. The summed E-state index contributed by atoms with van der Waals surface area (Å²) in [5.41, 5.74) is 0. The molecule has 7 heteroatoms. The largest absolute Gasteiger partial charge is 0.453 e. The SMILES string of the molecule is O=[N+]([O-])c1nccc(Br)c1OCF. The Morgan fingerprint density at radius 2 is 2.46 bits per heavy atom. The Hall–Kier alpha value is -1.24. The Morgan fingerprint density at radius 3 is 3.00 bits per heavy atom. The lowest BCUT2D eigenvalue weighted by Gasteiger charge is -2.02. The minimum atomic E-state index is -1.13. The minimum absolute atomic E-state index is 0.199. The number of aromatic nitrogens is 1. The predicted octanol–water partition coefficient (Wildman–Crippen LogP) is 2.06. The molecular formula is C6H4BrFN2O3. The molecule has 0 aliphatic carbocycles. The smallest absolute Gasteiger partial charge is 0.407 e. The van der Waals surface area contributed by atoms with Crippen LogP contribution in [0.1, 0.15) is 0 Å². The van der Waals surface area contributed by atoms with Crippen molar-refractivity contribution in [3.8, 4) is 5.75 Å². The second-order valence-corrected chi connectivity index (χ2v) is 2.81. The van der Waals surface area contributed by atoms with Gasteiger partial charge < -0.3 is 14.9 Å². The van der Waals surface area contributed by atoms with Gasteiger partial charge in [0.1, 0.15) is 6.20 Å². The van der Waals surface area contributed by atoms with Gasteiger partial charge in [-0.2, -0.15) is 0 Å². The maximum absolute atomic E-state index is 11.8. The van der Waals surface area contributed by atoms with Crippen LogP contribution in [0, 0.1) is 10.1 Å². The third kappa shape index (κ3) is 2.11. The molecule has 0 saturated carbocycles. The monoisotopic (exact) mass is 250 g/mol. The van der Waals surface area contributed by atoms with Crippen molar-refractivity contribution in [1.82, 2.24) is 4.98 Å². The summed E-state index contributed by atoms with van der Waals surface area (Å²) in [5.74, 6) is -0.706. The van der Waals surface area contributed by atoms with Crippen molar-refractivity contribution in [2.75, 3.05) is 6.86 Å². The van der Waals surface area contributed by atoms with Gasteiger partial charge in [0.05, 0.1) is 4.47 Å². The molecular weight excluding hydrogens is 247 g/mol.